The molecule has 0 fully saturated rings. The fourth-order valence-corrected chi connectivity index (χ4v) is 3.10. The number of amides is 1. The molecule has 4 aromatic rings. The third kappa shape index (κ3) is 3.27. The van der Waals surface area contributed by atoms with Gasteiger partial charge in [-0.1, -0.05) is 36.4 Å². The van der Waals surface area contributed by atoms with E-state index in [4.69, 9.17) is 4.42 Å². The zero-order valence-corrected chi connectivity index (χ0v) is 15.6. The minimum Gasteiger partial charge on any atom is -0.436 e. The molecule has 0 saturated carbocycles. The number of fused-ring (bicyclic) bond motifs is 1. The summed E-state index contributed by atoms with van der Waals surface area (Å²) in [6.45, 7) is 3.40. The lowest BCUT2D eigenvalue weighted by atomic mass is 9.83. The van der Waals surface area contributed by atoms with Gasteiger partial charge in [0.05, 0.1) is 5.41 Å². The van der Waals surface area contributed by atoms with Crippen molar-refractivity contribution < 1.29 is 13.6 Å². The Labute approximate surface area is 162 Å². The number of carbonyl (C=O) groups is 1. The molecule has 3 aromatic carbocycles. The van der Waals surface area contributed by atoms with Crippen molar-refractivity contribution in [1.82, 2.24) is 4.98 Å². The summed E-state index contributed by atoms with van der Waals surface area (Å²) in [6.07, 6.45) is 0. The molecule has 0 saturated heterocycles. The van der Waals surface area contributed by atoms with Crippen LogP contribution < -0.4 is 5.32 Å². The van der Waals surface area contributed by atoms with Crippen molar-refractivity contribution in [2.45, 2.75) is 19.3 Å². The second-order valence-electron chi connectivity index (χ2n) is 7.13. The van der Waals surface area contributed by atoms with E-state index in [0.717, 1.165) is 11.1 Å². The van der Waals surface area contributed by atoms with Crippen LogP contribution in [0.2, 0.25) is 0 Å². The van der Waals surface area contributed by atoms with Crippen molar-refractivity contribution in [3.63, 3.8) is 0 Å². The Kier molecular flexibility index (Phi) is 4.43. The first-order valence-electron chi connectivity index (χ1n) is 8.97. The number of nitrogens with zero attached hydrogens (tertiary/aromatic N) is 1. The molecule has 1 heterocycles. The number of hydrogen-bond donors (Lipinski definition) is 1. The molecule has 28 heavy (non-hydrogen) atoms. The molecule has 4 rings (SSSR count). The standard InChI is InChI=1S/C23H19FN2O2/c1-23(2,17-10-3-4-11-18(17)24)22(27)25-16-9-7-8-15(14-16)21-26-19-12-5-6-13-20(19)28-21/h3-14H,1-2H3,(H,25,27). The number of para-hydroxylation sites is 2. The molecular weight excluding hydrogens is 355 g/mol. The second-order valence-corrected chi connectivity index (χ2v) is 7.13. The third-order valence-corrected chi connectivity index (χ3v) is 4.78. The Morgan fingerprint density at radius 1 is 1.00 bits per heavy atom. The molecule has 0 bridgehead atoms. The Morgan fingerprint density at radius 2 is 1.75 bits per heavy atom. The molecule has 5 heteroatoms. The number of hydrogen-bond acceptors (Lipinski definition) is 3. The monoisotopic (exact) mass is 374 g/mol. The van der Waals surface area contributed by atoms with E-state index in [2.05, 4.69) is 10.3 Å². The third-order valence-electron chi connectivity index (χ3n) is 4.78. The highest BCUT2D eigenvalue weighted by Gasteiger charge is 2.32. The van der Waals surface area contributed by atoms with E-state index >= 15 is 0 Å². The zero-order valence-electron chi connectivity index (χ0n) is 15.6. The van der Waals surface area contributed by atoms with Crippen LogP contribution in [0.1, 0.15) is 19.4 Å². The van der Waals surface area contributed by atoms with Gasteiger partial charge < -0.3 is 9.73 Å². The van der Waals surface area contributed by atoms with E-state index in [1.165, 1.54) is 6.07 Å². The second kappa shape index (κ2) is 6.93. The minimum atomic E-state index is -1.03. The zero-order chi connectivity index (χ0) is 19.7. The van der Waals surface area contributed by atoms with Crippen molar-refractivity contribution in [2.24, 2.45) is 0 Å². The van der Waals surface area contributed by atoms with E-state index < -0.39 is 11.2 Å². The van der Waals surface area contributed by atoms with Gasteiger partial charge in [-0.3, -0.25) is 4.79 Å². The minimum absolute atomic E-state index is 0.299. The fourth-order valence-electron chi connectivity index (χ4n) is 3.10. The molecule has 1 N–H and O–H groups in total. The van der Waals surface area contributed by atoms with Gasteiger partial charge in [0.25, 0.3) is 0 Å². The molecular formula is C23H19FN2O2. The quantitative estimate of drug-likeness (QED) is 0.509. The molecule has 4 nitrogen and oxygen atoms in total. The fraction of sp³-hybridized carbons (Fsp3) is 0.130. The van der Waals surface area contributed by atoms with Gasteiger partial charge in [0.2, 0.25) is 11.8 Å². The lowest BCUT2D eigenvalue weighted by molar-refractivity contribution is -0.120. The van der Waals surface area contributed by atoms with E-state index in [1.807, 2.05) is 36.4 Å². The predicted octanol–water partition coefficient (Wildman–Crippen LogP) is 5.55. The van der Waals surface area contributed by atoms with Crippen molar-refractivity contribution >= 4 is 22.7 Å². The van der Waals surface area contributed by atoms with Crippen LogP contribution >= 0.6 is 0 Å². The molecule has 0 unspecified atom stereocenters. The van der Waals surface area contributed by atoms with E-state index in [1.54, 1.807) is 44.2 Å². The van der Waals surface area contributed by atoms with Gasteiger partial charge in [-0.2, -0.15) is 0 Å². The lowest BCUT2D eigenvalue weighted by Crippen LogP contribution is -2.35. The van der Waals surface area contributed by atoms with Crippen molar-refractivity contribution in [1.29, 1.82) is 0 Å². The van der Waals surface area contributed by atoms with Gasteiger partial charge in [-0.15, -0.1) is 0 Å². The van der Waals surface area contributed by atoms with Gasteiger partial charge in [0, 0.05) is 16.8 Å². The Bertz CT molecular complexity index is 1130. The number of oxazole rings is 1. The van der Waals surface area contributed by atoms with Crippen LogP contribution in [0.4, 0.5) is 10.1 Å². The molecule has 0 aliphatic heterocycles. The van der Waals surface area contributed by atoms with Gasteiger partial charge >= 0.3 is 0 Å². The first-order valence-corrected chi connectivity index (χ1v) is 8.97. The van der Waals surface area contributed by atoms with Gasteiger partial charge in [-0.05, 0) is 50.2 Å². The molecule has 0 radical (unpaired) electrons. The Hall–Kier alpha value is -3.47. The van der Waals surface area contributed by atoms with Gasteiger partial charge in [0.15, 0.2) is 5.58 Å². The summed E-state index contributed by atoms with van der Waals surface area (Å²) in [5, 5.41) is 2.88. The van der Waals surface area contributed by atoms with Crippen molar-refractivity contribution in [2.75, 3.05) is 5.32 Å². The highest BCUT2D eigenvalue weighted by atomic mass is 19.1. The summed E-state index contributed by atoms with van der Waals surface area (Å²) >= 11 is 0. The Balaban J connectivity index is 1.61. The smallest absolute Gasteiger partial charge is 0.234 e. The van der Waals surface area contributed by atoms with Crippen LogP contribution in [0.15, 0.2) is 77.2 Å². The van der Waals surface area contributed by atoms with Crippen molar-refractivity contribution in [3.8, 4) is 11.5 Å². The average molecular weight is 374 g/mol. The molecule has 0 aliphatic carbocycles. The summed E-state index contributed by atoms with van der Waals surface area (Å²) in [5.74, 6) is -0.221. The maximum Gasteiger partial charge on any atom is 0.234 e. The molecule has 0 aliphatic rings. The summed E-state index contributed by atoms with van der Waals surface area (Å²) in [5.41, 5.74) is 2.13. The van der Waals surface area contributed by atoms with Gasteiger partial charge in [0.1, 0.15) is 11.3 Å². The van der Waals surface area contributed by atoms with Crippen LogP contribution in [0.3, 0.4) is 0 Å². The molecule has 140 valence electrons. The normalized spacial score (nSPS) is 11.5. The average Bonchev–Trinajstić information content (AvgIpc) is 3.13. The summed E-state index contributed by atoms with van der Waals surface area (Å²) < 4.78 is 20.0. The van der Waals surface area contributed by atoms with Gasteiger partial charge in [-0.25, -0.2) is 9.37 Å². The number of rotatable bonds is 4. The molecule has 0 atom stereocenters. The van der Waals surface area contributed by atoms with E-state index in [0.29, 0.717) is 22.7 Å². The molecule has 0 spiro atoms. The summed E-state index contributed by atoms with van der Waals surface area (Å²) in [7, 11) is 0. The van der Waals surface area contributed by atoms with Crippen LogP contribution in [0.25, 0.3) is 22.6 Å². The van der Waals surface area contributed by atoms with E-state index in [-0.39, 0.29) is 5.91 Å². The first-order chi connectivity index (χ1) is 13.4. The summed E-state index contributed by atoms with van der Waals surface area (Å²) in [6, 6.07) is 21.1. The summed E-state index contributed by atoms with van der Waals surface area (Å²) in [4.78, 5) is 17.3. The number of nitrogens with one attached hydrogen (secondary N) is 1. The topological polar surface area (TPSA) is 55.1 Å². The first kappa shape index (κ1) is 17.9. The predicted molar refractivity (Wildman–Crippen MR) is 108 cm³/mol. The van der Waals surface area contributed by atoms with E-state index in [9.17, 15) is 9.18 Å². The molecule has 1 aromatic heterocycles. The maximum absolute atomic E-state index is 14.2. The molecule has 1 amide bonds. The number of anilines is 1. The number of benzene rings is 3. The number of halogens is 1. The SMILES string of the molecule is CC(C)(C(=O)Nc1cccc(-c2nc3ccccc3o2)c1)c1ccccc1F. The van der Waals surface area contributed by atoms with Crippen molar-refractivity contribution in [3.05, 3.63) is 84.2 Å². The number of carbonyl (C=O) groups excluding carboxylic acids is 1. The lowest BCUT2D eigenvalue weighted by Gasteiger charge is -2.24. The Morgan fingerprint density at radius 3 is 2.54 bits per heavy atom. The van der Waals surface area contributed by atoms with Crippen LogP contribution in [0, 0.1) is 5.82 Å². The maximum atomic E-state index is 14.2. The number of aromatic nitrogens is 1. The van der Waals surface area contributed by atoms with Crippen LogP contribution in [-0.2, 0) is 10.2 Å². The highest BCUT2D eigenvalue weighted by Crippen LogP contribution is 2.29. The highest BCUT2D eigenvalue weighted by molar-refractivity contribution is 5.99. The van der Waals surface area contributed by atoms with Crippen LogP contribution in [0.5, 0.6) is 0 Å². The van der Waals surface area contributed by atoms with Crippen LogP contribution in [-0.4, -0.2) is 10.9 Å². The largest absolute Gasteiger partial charge is 0.436 e.